The summed E-state index contributed by atoms with van der Waals surface area (Å²) in [7, 11) is 0. The summed E-state index contributed by atoms with van der Waals surface area (Å²) in [5.74, 6) is 1.47. The molecule has 0 aliphatic heterocycles. The van der Waals surface area contributed by atoms with Gasteiger partial charge in [-0.15, -0.1) is 4.91 Å². The Morgan fingerprint density at radius 3 is 2.70 bits per heavy atom. The molecule has 2 unspecified atom stereocenters. The van der Waals surface area contributed by atoms with Gasteiger partial charge in [0.05, 0.1) is 0 Å². The van der Waals surface area contributed by atoms with Gasteiger partial charge in [-0.05, 0) is 37.5 Å². The molecule has 0 aromatic carbocycles. The summed E-state index contributed by atoms with van der Waals surface area (Å²) < 4.78 is 0. The molecule has 2 bridgehead atoms. The van der Waals surface area contributed by atoms with Crippen LogP contribution in [0.5, 0.6) is 0 Å². The normalized spacial score (nSPS) is 43.8. The highest BCUT2D eigenvalue weighted by atomic mass is 16.7. The van der Waals surface area contributed by atoms with Crippen molar-refractivity contribution in [3.63, 3.8) is 0 Å². The molecule has 0 radical (unpaired) electrons. The third kappa shape index (κ3) is 0.805. The first-order chi connectivity index (χ1) is 4.90. The topological polar surface area (TPSA) is 38.7 Å². The fourth-order valence-corrected chi connectivity index (χ4v) is 2.37. The van der Waals surface area contributed by atoms with Crippen molar-refractivity contribution in [3.8, 4) is 0 Å². The summed E-state index contributed by atoms with van der Waals surface area (Å²) in [6.07, 6.45) is 5.07. The molecule has 2 saturated carbocycles. The molecule has 0 amide bonds. The molecule has 3 heteroatoms. The van der Waals surface area contributed by atoms with Crippen LogP contribution >= 0.6 is 0 Å². The first-order valence-corrected chi connectivity index (χ1v) is 3.88. The predicted octanol–water partition coefficient (Wildman–Crippen LogP) is 1.87. The van der Waals surface area contributed by atoms with Crippen LogP contribution in [0.25, 0.3) is 0 Å². The molecule has 0 N–H and O–H groups in total. The van der Waals surface area contributed by atoms with E-state index >= 15 is 0 Å². The van der Waals surface area contributed by atoms with E-state index in [-0.39, 0.29) is 6.10 Å². The quantitative estimate of drug-likeness (QED) is 0.435. The summed E-state index contributed by atoms with van der Waals surface area (Å²) in [6, 6.07) is 0. The number of hydrogen-bond acceptors (Lipinski definition) is 3. The molecule has 2 rings (SSSR count). The van der Waals surface area contributed by atoms with Crippen molar-refractivity contribution in [3.05, 3.63) is 4.91 Å². The lowest BCUT2D eigenvalue weighted by atomic mass is 9.98. The van der Waals surface area contributed by atoms with Crippen molar-refractivity contribution in [2.75, 3.05) is 0 Å². The molecule has 0 aromatic heterocycles. The number of nitrogens with zero attached hydrogens (tertiary/aromatic N) is 1. The van der Waals surface area contributed by atoms with E-state index < -0.39 is 0 Å². The zero-order chi connectivity index (χ0) is 6.97. The molecule has 0 heterocycles. The monoisotopic (exact) mass is 141 g/mol. The molecule has 3 atom stereocenters. The number of hydrogen-bond donors (Lipinski definition) is 0. The van der Waals surface area contributed by atoms with Gasteiger partial charge in [0.25, 0.3) is 0 Å². The van der Waals surface area contributed by atoms with Crippen molar-refractivity contribution in [1.82, 2.24) is 0 Å². The summed E-state index contributed by atoms with van der Waals surface area (Å²) in [5, 5.41) is 2.49. The van der Waals surface area contributed by atoms with E-state index in [2.05, 4.69) is 5.34 Å². The number of rotatable bonds is 2. The second kappa shape index (κ2) is 2.22. The lowest BCUT2D eigenvalue weighted by Crippen LogP contribution is -2.17. The van der Waals surface area contributed by atoms with E-state index in [1.54, 1.807) is 0 Å². The van der Waals surface area contributed by atoms with Gasteiger partial charge in [-0.1, -0.05) is 0 Å². The third-order valence-electron chi connectivity index (χ3n) is 2.85. The Morgan fingerprint density at radius 2 is 2.20 bits per heavy atom. The van der Waals surface area contributed by atoms with Crippen molar-refractivity contribution in [1.29, 1.82) is 0 Å². The minimum Gasteiger partial charge on any atom is -0.360 e. The van der Waals surface area contributed by atoms with Gasteiger partial charge in [0.1, 0.15) is 6.10 Å². The van der Waals surface area contributed by atoms with Gasteiger partial charge in [0.15, 0.2) is 5.34 Å². The van der Waals surface area contributed by atoms with E-state index in [9.17, 15) is 4.91 Å². The molecule has 0 spiro atoms. The van der Waals surface area contributed by atoms with Crippen LogP contribution in [0.1, 0.15) is 25.7 Å². The van der Waals surface area contributed by atoms with Crippen LogP contribution in [-0.2, 0) is 4.84 Å². The maximum atomic E-state index is 9.76. The highest BCUT2D eigenvalue weighted by Gasteiger charge is 2.41. The van der Waals surface area contributed by atoms with Crippen molar-refractivity contribution in [2.24, 2.45) is 17.2 Å². The van der Waals surface area contributed by atoms with Crippen LogP contribution in [0.3, 0.4) is 0 Å². The summed E-state index contributed by atoms with van der Waals surface area (Å²) in [4.78, 5) is 14.5. The molecule has 56 valence electrons. The van der Waals surface area contributed by atoms with Crippen LogP contribution in [-0.4, -0.2) is 6.10 Å². The Kier molecular flexibility index (Phi) is 1.36. The zero-order valence-corrected chi connectivity index (χ0v) is 5.82. The Hall–Kier alpha value is -0.600. The van der Waals surface area contributed by atoms with E-state index in [0.717, 1.165) is 12.3 Å². The summed E-state index contributed by atoms with van der Waals surface area (Å²) >= 11 is 0. The maximum Gasteiger partial charge on any atom is 0.155 e. The average Bonchev–Trinajstić information content (AvgIpc) is 2.48. The zero-order valence-electron chi connectivity index (χ0n) is 5.82. The molecule has 0 saturated heterocycles. The standard InChI is InChI=1S/C7H11NO2/c9-8-10-7-4-5-1-2-6(7)3-5/h5-7H,1-4H2/t5?,6?,7-/m1/s1. The van der Waals surface area contributed by atoms with Crippen molar-refractivity contribution in [2.45, 2.75) is 31.8 Å². The molecule has 2 fully saturated rings. The molecular weight excluding hydrogens is 130 g/mol. The highest BCUT2D eigenvalue weighted by molar-refractivity contribution is 4.90. The molecule has 3 nitrogen and oxygen atoms in total. The SMILES string of the molecule is O=NO[C@@H]1CC2CCC1C2. The molecule has 10 heavy (non-hydrogen) atoms. The van der Waals surface area contributed by atoms with Gasteiger partial charge in [-0.2, -0.15) is 0 Å². The van der Waals surface area contributed by atoms with Crippen LogP contribution in [0.15, 0.2) is 5.34 Å². The molecule has 2 aliphatic carbocycles. The smallest absolute Gasteiger partial charge is 0.155 e. The Balaban J connectivity index is 1.95. The van der Waals surface area contributed by atoms with Gasteiger partial charge in [-0.3, -0.25) is 0 Å². The average molecular weight is 141 g/mol. The second-order valence-electron chi connectivity index (χ2n) is 3.39. The van der Waals surface area contributed by atoms with Crippen LogP contribution < -0.4 is 0 Å². The summed E-state index contributed by atoms with van der Waals surface area (Å²) in [5.41, 5.74) is 0. The summed E-state index contributed by atoms with van der Waals surface area (Å²) in [6.45, 7) is 0. The minimum atomic E-state index is 0.163. The minimum absolute atomic E-state index is 0.163. The second-order valence-corrected chi connectivity index (χ2v) is 3.39. The third-order valence-corrected chi connectivity index (χ3v) is 2.85. The van der Waals surface area contributed by atoms with Gasteiger partial charge in [0, 0.05) is 0 Å². The van der Waals surface area contributed by atoms with Crippen LogP contribution in [0.2, 0.25) is 0 Å². The first kappa shape index (κ1) is 6.13. The van der Waals surface area contributed by atoms with E-state index in [1.165, 1.54) is 19.3 Å². The van der Waals surface area contributed by atoms with E-state index in [1.807, 2.05) is 0 Å². The van der Waals surface area contributed by atoms with Crippen molar-refractivity contribution >= 4 is 0 Å². The molecule has 0 aromatic rings. The lowest BCUT2D eigenvalue weighted by Gasteiger charge is -2.16. The first-order valence-electron chi connectivity index (χ1n) is 3.88. The predicted molar refractivity (Wildman–Crippen MR) is 36.1 cm³/mol. The lowest BCUT2D eigenvalue weighted by molar-refractivity contribution is 0.0175. The maximum absolute atomic E-state index is 9.76. The van der Waals surface area contributed by atoms with Crippen LogP contribution in [0, 0.1) is 16.7 Å². The van der Waals surface area contributed by atoms with Gasteiger partial charge < -0.3 is 4.84 Å². The molecular formula is C7H11NO2. The van der Waals surface area contributed by atoms with Gasteiger partial charge >= 0.3 is 0 Å². The molecule has 2 aliphatic rings. The van der Waals surface area contributed by atoms with Gasteiger partial charge in [-0.25, -0.2) is 0 Å². The Labute approximate surface area is 59.7 Å². The largest absolute Gasteiger partial charge is 0.360 e. The highest BCUT2D eigenvalue weighted by Crippen LogP contribution is 2.45. The number of fused-ring (bicyclic) bond motifs is 2. The Bertz CT molecular complexity index is 149. The fourth-order valence-electron chi connectivity index (χ4n) is 2.37. The van der Waals surface area contributed by atoms with E-state index in [4.69, 9.17) is 4.84 Å². The Morgan fingerprint density at radius 1 is 1.30 bits per heavy atom. The van der Waals surface area contributed by atoms with Crippen LogP contribution in [0.4, 0.5) is 0 Å². The van der Waals surface area contributed by atoms with Crippen molar-refractivity contribution < 1.29 is 4.84 Å². The fraction of sp³-hybridized carbons (Fsp3) is 1.00. The van der Waals surface area contributed by atoms with E-state index in [0.29, 0.717) is 5.92 Å². The van der Waals surface area contributed by atoms with Gasteiger partial charge in [0.2, 0.25) is 0 Å².